The molecule has 0 spiro atoms. The van der Waals surface area contributed by atoms with Crippen molar-refractivity contribution in [3.63, 3.8) is 0 Å². The molecule has 1 aliphatic carbocycles. The molecule has 3 heterocycles. The Balaban J connectivity index is 1.02. The van der Waals surface area contributed by atoms with Crippen LogP contribution in [0.15, 0.2) is 144 Å². The zero-order valence-electron chi connectivity index (χ0n) is 24.4. The molecule has 6 aromatic carbocycles. The number of rotatable bonds is 3. The van der Waals surface area contributed by atoms with Gasteiger partial charge in [-0.25, -0.2) is 0 Å². The van der Waals surface area contributed by atoms with Crippen LogP contribution in [0.1, 0.15) is 22.7 Å². The molecule has 0 fully saturated rings. The van der Waals surface area contributed by atoms with E-state index in [1.807, 2.05) is 23.5 Å². The summed E-state index contributed by atoms with van der Waals surface area (Å²) < 4.78 is 11.2. The molecule has 0 amide bonds. The Morgan fingerprint density at radius 1 is 0.578 bits per heavy atom. The molecule has 2 nitrogen and oxygen atoms in total. The molecular formula is C42H27NOS. The molecular weight excluding hydrogens is 567 g/mol. The molecule has 0 aliphatic heterocycles. The summed E-state index contributed by atoms with van der Waals surface area (Å²) in [5.74, 6) is 0.328. The van der Waals surface area contributed by atoms with Crippen molar-refractivity contribution >= 4 is 70.4 Å². The first-order valence-electron chi connectivity index (χ1n) is 15.5. The largest absolute Gasteiger partial charge is 0.456 e. The summed E-state index contributed by atoms with van der Waals surface area (Å²) in [5, 5.41) is 6.32. The minimum Gasteiger partial charge on any atom is -0.456 e. The first kappa shape index (κ1) is 25.0. The fourth-order valence-electron chi connectivity index (χ4n) is 7.40. The Bertz CT molecular complexity index is 2630. The number of allylic oxidation sites excluding steroid dienone is 1. The van der Waals surface area contributed by atoms with Gasteiger partial charge in [-0.1, -0.05) is 91.0 Å². The maximum atomic E-state index is 6.13. The number of aromatic nitrogens is 1. The highest BCUT2D eigenvalue weighted by atomic mass is 32.1. The predicted octanol–water partition coefficient (Wildman–Crippen LogP) is 11.9. The van der Waals surface area contributed by atoms with Gasteiger partial charge < -0.3 is 8.98 Å². The fourth-order valence-corrected chi connectivity index (χ4v) is 8.49. The van der Waals surface area contributed by atoms with Crippen LogP contribution < -0.4 is 0 Å². The van der Waals surface area contributed by atoms with Gasteiger partial charge in [0.05, 0.1) is 5.52 Å². The van der Waals surface area contributed by atoms with E-state index in [0.29, 0.717) is 5.92 Å². The van der Waals surface area contributed by atoms with E-state index < -0.39 is 0 Å². The maximum Gasteiger partial charge on any atom is 0.135 e. The lowest BCUT2D eigenvalue weighted by molar-refractivity contribution is 0.669. The van der Waals surface area contributed by atoms with E-state index in [1.54, 1.807) is 0 Å². The van der Waals surface area contributed by atoms with Gasteiger partial charge in [-0.2, -0.15) is 0 Å². The van der Waals surface area contributed by atoms with Crippen molar-refractivity contribution in [1.82, 2.24) is 4.57 Å². The maximum absolute atomic E-state index is 6.13. The van der Waals surface area contributed by atoms with Crippen LogP contribution in [0.2, 0.25) is 0 Å². The summed E-state index contributed by atoms with van der Waals surface area (Å²) in [4.78, 5) is 0. The van der Waals surface area contributed by atoms with Crippen molar-refractivity contribution in [3.05, 3.63) is 156 Å². The fraction of sp³-hybridized carbons (Fsp3) is 0.0476. The molecule has 212 valence electrons. The van der Waals surface area contributed by atoms with Crippen molar-refractivity contribution in [2.75, 3.05) is 0 Å². The molecule has 0 bridgehead atoms. The SMILES string of the molecule is C1=CC(c2ccc(-c3ccc4sc5ccccc5c4c3)cc2)Cc2c1n(-c1ccc3oc4ccccc4c3c1)c1ccccc21. The highest BCUT2D eigenvalue weighted by Crippen LogP contribution is 2.41. The molecule has 1 unspecified atom stereocenters. The normalized spacial score (nSPS) is 14.7. The lowest BCUT2D eigenvalue weighted by Crippen LogP contribution is -2.07. The number of hydrogen-bond acceptors (Lipinski definition) is 2. The first-order valence-corrected chi connectivity index (χ1v) is 16.3. The molecule has 0 saturated heterocycles. The third-order valence-corrected chi connectivity index (χ3v) is 10.7. The average Bonchev–Trinajstić information content (AvgIpc) is 3.77. The van der Waals surface area contributed by atoms with Gasteiger partial charge in [-0.15, -0.1) is 11.3 Å². The van der Waals surface area contributed by atoms with Crippen LogP contribution in [-0.4, -0.2) is 4.57 Å². The Morgan fingerprint density at radius 2 is 1.31 bits per heavy atom. The molecule has 0 radical (unpaired) electrons. The highest BCUT2D eigenvalue weighted by Gasteiger charge is 2.24. The van der Waals surface area contributed by atoms with Crippen molar-refractivity contribution in [1.29, 1.82) is 0 Å². The van der Waals surface area contributed by atoms with Crippen molar-refractivity contribution in [2.24, 2.45) is 0 Å². The summed E-state index contributed by atoms with van der Waals surface area (Å²) in [6.07, 6.45) is 5.70. The molecule has 1 aliphatic rings. The molecule has 45 heavy (non-hydrogen) atoms. The standard InChI is InChI=1S/C42H27NOS/c1-4-10-37-31(7-1)34-23-28(17-20-38(34)43(37)30-19-21-40-35(25-30)32-8-2-5-11-39(32)44-40)26-13-15-27(16-14-26)29-18-22-42-36(24-29)33-9-3-6-12-41(33)45-42/h1-22,24-25,28H,23H2. The minimum absolute atomic E-state index is 0.328. The number of hydrogen-bond donors (Lipinski definition) is 0. The first-order chi connectivity index (χ1) is 22.3. The van der Waals surface area contributed by atoms with E-state index in [2.05, 4.69) is 138 Å². The minimum atomic E-state index is 0.328. The van der Waals surface area contributed by atoms with Gasteiger partial charge in [-0.05, 0) is 83.3 Å². The van der Waals surface area contributed by atoms with E-state index in [1.165, 1.54) is 59.0 Å². The van der Waals surface area contributed by atoms with Crippen molar-refractivity contribution in [3.8, 4) is 16.8 Å². The van der Waals surface area contributed by atoms with E-state index in [4.69, 9.17) is 4.42 Å². The number of thiophene rings is 1. The quantitative estimate of drug-likeness (QED) is 0.199. The summed E-state index contributed by atoms with van der Waals surface area (Å²) >= 11 is 1.87. The van der Waals surface area contributed by atoms with Gasteiger partial charge >= 0.3 is 0 Å². The Morgan fingerprint density at radius 3 is 2.22 bits per heavy atom. The smallest absolute Gasteiger partial charge is 0.135 e. The lowest BCUT2D eigenvalue weighted by atomic mass is 9.86. The van der Waals surface area contributed by atoms with Gasteiger partial charge in [0.15, 0.2) is 0 Å². The van der Waals surface area contributed by atoms with Gasteiger partial charge in [0.2, 0.25) is 0 Å². The van der Waals surface area contributed by atoms with Gasteiger partial charge in [-0.3, -0.25) is 0 Å². The van der Waals surface area contributed by atoms with E-state index in [0.717, 1.165) is 34.0 Å². The van der Waals surface area contributed by atoms with Crippen LogP contribution in [0.3, 0.4) is 0 Å². The van der Waals surface area contributed by atoms with Crippen LogP contribution in [0.4, 0.5) is 0 Å². The van der Waals surface area contributed by atoms with E-state index in [-0.39, 0.29) is 0 Å². The Kier molecular flexibility index (Phi) is 5.31. The second kappa shape index (κ2) is 9.56. The molecule has 0 N–H and O–H groups in total. The number of benzene rings is 6. The van der Waals surface area contributed by atoms with Crippen LogP contribution in [0.5, 0.6) is 0 Å². The zero-order chi connectivity index (χ0) is 29.5. The number of nitrogens with zero attached hydrogens (tertiary/aromatic N) is 1. The Hall–Kier alpha value is -5.38. The molecule has 1 atom stereocenters. The third kappa shape index (κ3) is 3.81. The summed E-state index contributed by atoms with van der Waals surface area (Å²) in [7, 11) is 0. The zero-order valence-corrected chi connectivity index (χ0v) is 25.2. The van der Waals surface area contributed by atoms with Gasteiger partial charge in [0, 0.05) is 53.6 Å². The van der Waals surface area contributed by atoms with Crippen LogP contribution in [0.25, 0.3) is 75.9 Å². The molecule has 3 aromatic heterocycles. The van der Waals surface area contributed by atoms with E-state index in [9.17, 15) is 0 Å². The summed E-state index contributed by atoms with van der Waals surface area (Å²) in [6.45, 7) is 0. The van der Waals surface area contributed by atoms with E-state index >= 15 is 0 Å². The molecule has 0 saturated carbocycles. The van der Waals surface area contributed by atoms with Crippen LogP contribution in [0, 0.1) is 0 Å². The monoisotopic (exact) mass is 593 g/mol. The Labute approximate surface area is 264 Å². The molecule has 10 rings (SSSR count). The van der Waals surface area contributed by atoms with Gasteiger partial charge in [0.25, 0.3) is 0 Å². The van der Waals surface area contributed by atoms with Crippen LogP contribution in [-0.2, 0) is 6.42 Å². The topological polar surface area (TPSA) is 18.1 Å². The second-order valence-corrected chi connectivity index (χ2v) is 13.2. The van der Waals surface area contributed by atoms with Crippen molar-refractivity contribution in [2.45, 2.75) is 12.3 Å². The third-order valence-electron chi connectivity index (χ3n) is 9.60. The van der Waals surface area contributed by atoms with Crippen molar-refractivity contribution < 1.29 is 4.42 Å². The average molecular weight is 594 g/mol. The highest BCUT2D eigenvalue weighted by molar-refractivity contribution is 7.25. The lowest BCUT2D eigenvalue weighted by Gasteiger charge is -2.20. The molecule has 9 aromatic rings. The van der Waals surface area contributed by atoms with Crippen LogP contribution >= 0.6 is 11.3 Å². The summed E-state index contributed by atoms with van der Waals surface area (Å²) in [5.41, 5.74) is 10.8. The number of furan rings is 1. The summed E-state index contributed by atoms with van der Waals surface area (Å²) in [6, 6.07) is 48.5. The van der Waals surface area contributed by atoms with Gasteiger partial charge in [0.1, 0.15) is 11.2 Å². The number of fused-ring (bicyclic) bond motifs is 9. The molecule has 3 heteroatoms. The second-order valence-electron chi connectivity index (χ2n) is 12.1. The number of para-hydroxylation sites is 2. The predicted molar refractivity (Wildman–Crippen MR) is 191 cm³/mol.